The summed E-state index contributed by atoms with van der Waals surface area (Å²) in [4.78, 5) is 32.6. The summed E-state index contributed by atoms with van der Waals surface area (Å²) >= 11 is 0. The molecule has 0 bridgehead atoms. The Morgan fingerprint density at radius 1 is 1.05 bits per heavy atom. The number of benzene rings is 1. The number of aryl methyl sites for hydroxylation is 1. The first-order chi connectivity index (χ1) is 17.6. The lowest BCUT2D eigenvalue weighted by Crippen LogP contribution is -2.24. The van der Waals surface area contributed by atoms with E-state index in [4.69, 9.17) is 4.74 Å². The Morgan fingerprint density at radius 3 is 2.54 bits per heavy atom. The fourth-order valence-electron chi connectivity index (χ4n) is 3.34. The number of hydrogen-bond donors (Lipinski definition) is 2. The van der Waals surface area contributed by atoms with Crippen molar-refractivity contribution in [3.63, 3.8) is 0 Å². The molecule has 3 heterocycles. The van der Waals surface area contributed by atoms with E-state index in [0.717, 1.165) is 12.3 Å². The van der Waals surface area contributed by atoms with Crippen LogP contribution in [0.4, 0.5) is 19.0 Å². The lowest BCUT2D eigenvalue weighted by atomic mass is 10.1. The van der Waals surface area contributed by atoms with Gasteiger partial charge < -0.3 is 15.4 Å². The lowest BCUT2D eigenvalue weighted by Gasteiger charge is -2.13. The normalized spacial score (nSPS) is 11.2. The molecular formula is C25H21F3N6O3. The summed E-state index contributed by atoms with van der Waals surface area (Å²) in [6, 6.07) is 10.2. The van der Waals surface area contributed by atoms with Gasteiger partial charge in [-0.15, -0.1) is 0 Å². The first kappa shape index (κ1) is 25.4. The van der Waals surface area contributed by atoms with Crippen LogP contribution in [0, 0.1) is 6.92 Å². The molecule has 0 aliphatic heterocycles. The predicted molar refractivity (Wildman–Crippen MR) is 127 cm³/mol. The molecule has 12 heteroatoms. The standard InChI is InChI=1S/C25H21F3N6O3/c1-15-19(24(36)31-12-16-6-7-21(30-11-16)25(26,27)28)4-3-5-20(15)37-18-8-9-29-22(10-18)33-23(35)17-13-32-34(2)14-17/h3-11,13-14H,12H2,1-2H3,(H,31,36)(H,29,33,35). The summed E-state index contributed by atoms with van der Waals surface area (Å²) in [6.07, 6.45) is 1.02. The van der Waals surface area contributed by atoms with E-state index in [2.05, 4.69) is 25.7 Å². The van der Waals surface area contributed by atoms with Crippen LogP contribution in [0.2, 0.25) is 0 Å². The average Bonchev–Trinajstić information content (AvgIpc) is 3.30. The topological polar surface area (TPSA) is 111 Å². The van der Waals surface area contributed by atoms with E-state index in [9.17, 15) is 22.8 Å². The molecule has 0 aliphatic carbocycles. The van der Waals surface area contributed by atoms with Gasteiger partial charge >= 0.3 is 6.18 Å². The zero-order valence-corrected chi connectivity index (χ0v) is 19.7. The molecule has 0 radical (unpaired) electrons. The molecule has 3 aromatic heterocycles. The van der Waals surface area contributed by atoms with E-state index in [-0.39, 0.29) is 18.3 Å². The number of carbonyl (C=O) groups excluding carboxylic acids is 2. The first-order valence-corrected chi connectivity index (χ1v) is 10.9. The van der Waals surface area contributed by atoms with Gasteiger partial charge in [-0.2, -0.15) is 18.3 Å². The van der Waals surface area contributed by atoms with Crippen molar-refractivity contribution in [2.24, 2.45) is 7.05 Å². The van der Waals surface area contributed by atoms with Gasteiger partial charge in [-0.05, 0) is 36.8 Å². The van der Waals surface area contributed by atoms with Crippen molar-refractivity contribution in [1.29, 1.82) is 0 Å². The second-order valence-electron chi connectivity index (χ2n) is 8.00. The highest BCUT2D eigenvalue weighted by Crippen LogP contribution is 2.29. The molecular weight excluding hydrogens is 489 g/mol. The van der Waals surface area contributed by atoms with Crippen LogP contribution in [0.5, 0.6) is 11.5 Å². The molecule has 4 aromatic rings. The lowest BCUT2D eigenvalue weighted by molar-refractivity contribution is -0.141. The number of hydrogen-bond acceptors (Lipinski definition) is 6. The van der Waals surface area contributed by atoms with Crippen molar-refractivity contribution in [3.8, 4) is 11.5 Å². The molecule has 0 saturated carbocycles. The van der Waals surface area contributed by atoms with Crippen molar-refractivity contribution >= 4 is 17.6 Å². The number of alkyl halides is 3. The molecule has 0 spiro atoms. The van der Waals surface area contributed by atoms with E-state index in [1.807, 2.05) is 0 Å². The minimum Gasteiger partial charge on any atom is -0.457 e. The highest BCUT2D eigenvalue weighted by molar-refractivity contribution is 6.03. The fourth-order valence-corrected chi connectivity index (χ4v) is 3.34. The second-order valence-corrected chi connectivity index (χ2v) is 8.00. The Kier molecular flexibility index (Phi) is 7.18. The van der Waals surface area contributed by atoms with Gasteiger partial charge in [0.2, 0.25) is 0 Å². The molecule has 0 unspecified atom stereocenters. The first-order valence-electron chi connectivity index (χ1n) is 10.9. The minimum atomic E-state index is -4.53. The van der Waals surface area contributed by atoms with E-state index < -0.39 is 17.8 Å². The largest absolute Gasteiger partial charge is 0.457 e. The van der Waals surface area contributed by atoms with Crippen molar-refractivity contribution in [3.05, 3.63) is 95.2 Å². The highest BCUT2D eigenvalue weighted by atomic mass is 19.4. The summed E-state index contributed by atoms with van der Waals surface area (Å²) in [5.74, 6) is 0.244. The van der Waals surface area contributed by atoms with Crippen molar-refractivity contribution in [1.82, 2.24) is 25.1 Å². The summed E-state index contributed by atoms with van der Waals surface area (Å²) in [7, 11) is 1.70. The van der Waals surface area contributed by atoms with Gasteiger partial charge in [0.1, 0.15) is 23.0 Å². The van der Waals surface area contributed by atoms with Gasteiger partial charge in [0.05, 0.1) is 11.8 Å². The van der Waals surface area contributed by atoms with E-state index in [1.165, 1.54) is 29.2 Å². The van der Waals surface area contributed by atoms with Crippen LogP contribution in [-0.4, -0.2) is 31.6 Å². The van der Waals surface area contributed by atoms with E-state index in [1.54, 1.807) is 44.4 Å². The van der Waals surface area contributed by atoms with Crippen LogP contribution < -0.4 is 15.4 Å². The van der Waals surface area contributed by atoms with Gasteiger partial charge in [-0.25, -0.2) is 4.98 Å². The summed E-state index contributed by atoms with van der Waals surface area (Å²) in [6.45, 7) is 1.70. The van der Waals surface area contributed by atoms with E-state index >= 15 is 0 Å². The molecule has 0 fully saturated rings. The Bertz CT molecular complexity index is 1430. The number of amides is 2. The molecule has 0 aliphatic rings. The summed E-state index contributed by atoms with van der Waals surface area (Å²) < 4.78 is 45.5. The number of nitrogens with zero attached hydrogens (tertiary/aromatic N) is 4. The van der Waals surface area contributed by atoms with Crippen molar-refractivity contribution in [2.75, 3.05) is 5.32 Å². The SMILES string of the molecule is Cc1c(Oc2ccnc(NC(=O)c3cnn(C)c3)c2)cccc1C(=O)NCc1ccc(C(F)(F)F)nc1. The number of ether oxygens (including phenoxy) is 1. The van der Waals surface area contributed by atoms with Gasteiger partial charge in [0.25, 0.3) is 11.8 Å². The van der Waals surface area contributed by atoms with Crippen LogP contribution in [-0.2, 0) is 19.8 Å². The van der Waals surface area contributed by atoms with Gasteiger partial charge in [0.15, 0.2) is 0 Å². The summed E-state index contributed by atoms with van der Waals surface area (Å²) in [5.41, 5.74) is 0.667. The number of carbonyl (C=O) groups is 2. The molecule has 1 aromatic carbocycles. The number of rotatable bonds is 7. The molecule has 4 rings (SSSR count). The van der Waals surface area contributed by atoms with Gasteiger partial charge in [-0.1, -0.05) is 12.1 Å². The van der Waals surface area contributed by atoms with Crippen LogP contribution in [0.25, 0.3) is 0 Å². The quantitative estimate of drug-likeness (QED) is 0.379. The summed E-state index contributed by atoms with van der Waals surface area (Å²) in [5, 5.41) is 9.31. The Labute approximate surface area is 209 Å². The third-order valence-electron chi connectivity index (χ3n) is 5.26. The monoisotopic (exact) mass is 510 g/mol. The Hall–Kier alpha value is -4.74. The fraction of sp³-hybridized carbons (Fsp3) is 0.160. The number of halogens is 3. The number of nitrogens with one attached hydrogen (secondary N) is 2. The van der Waals surface area contributed by atoms with Gasteiger partial charge in [-0.3, -0.25) is 19.3 Å². The molecule has 0 saturated heterocycles. The van der Waals surface area contributed by atoms with Crippen LogP contribution in [0.3, 0.4) is 0 Å². The molecule has 9 nitrogen and oxygen atoms in total. The van der Waals surface area contributed by atoms with E-state index in [0.29, 0.717) is 33.8 Å². The molecule has 190 valence electrons. The maximum absolute atomic E-state index is 12.8. The maximum Gasteiger partial charge on any atom is 0.433 e. The molecule has 0 atom stereocenters. The molecule has 2 amide bonds. The number of pyridine rings is 2. The second kappa shape index (κ2) is 10.5. The maximum atomic E-state index is 12.8. The van der Waals surface area contributed by atoms with Crippen molar-refractivity contribution < 1.29 is 27.5 Å². The predicted octanol–water partition coefficient (Wildman–Crippen LogP) is 4.51. The smallest absolute Gasteiger partial charge is 0.433 e. The van der Waals surface area contributed by atoms with Crippen LogP contribution >= 0.6 is 0 Å². The Balaban J connectivity index is 1.42. The Morgan fingerprint density at radius 2 is 1.86 bits per heavy atom. The minimum absolute atomic E-state index is 0.00115. The number of aromatic nitrogens is 4. The third-order valence-corrected chi connectivity index (χ3v) is 5.26. The highest BCUT2D eigenvalue weighted by Gasteiger charge is 2.32. The zero-order chi connectivity index (χ0) is 26.6. The molecule has 37 heavy (non-hydrogen) atoms. The van der Waals surface area contributed by atoms with Crippen molar-refractivity contribution in [2.45, 2.75) is 19.6 Å². The van der Waals surface area contributed by atoms with Crippen LogP contribution in [0.15, 0.2) is 67.3 Å². The molecule has 2 N–H and O–H groups in total. The average molecular weight is 510 g/mol. The number of anilines is 1. The van der Waals surface area contributed by atoms with Crippen LogP contribution in [0.1, 0.15) is 37.5 Å². The van der Waals surface area contributed by atoms with Gasteiger partial charge in [0, 0.05) is 49.4 Å². The zero-order valence-electron chi connectivity index (χ0n) is 19.7. The third kappa shape index (κ3) is 6.28.